The number of methoxy groups -OCH3 is 2. The Hall–Kier alpha value is -4.33. The van der Waals surface area contributed by atoms with Gasteiger partial charge in [0.05, 0.1) is 25.6 Å². The summed E-state index contributed by atoms with van der Waals surface area (Å²) in [5, 5.41) is 7.74. The zero-order valence-corrected chi connectivity index (χ0v) is 20.2. The van der Waals surface area contributed by atoms with Crippen molar-refractivity contribution in [3.8, 4) is 22.9 Å². The zero-order chi connectivity index (χ0) is 25.2. The maximum Gasteiger partial charge on any atom is 0.226 e. The van der Waals surface area contributed by atoms with Gasteiger partial charge in [-0.15, -0.1) is 0 Å². The average Bonchev–Trinajstić information content (AvgIpc) is 3.23. The van der Waals surface area contributed by atoms with Crippen LogP contribution >= 0.6 is 0 Å². The summed E-state index contributed by atoms with van der Waals surface area (Å²) < 4.78 is 33.0. The largest absolute Gasteiger partial charge is 0.497 e. The molecular formula is C28H26FN3O4. The topological polar surface area (TPSA) is 74.6 Å². The van der Waals surface area contributed by atoms with Gasteiger partial charge in [0.15, 0.2) is 11.5 Å². The van der Waals surface area contributed by atoms with Crippen LogP contribution in [0.5, 0.6) is 17.2 Å². The standard InChI is InChI=1S/C28H26FN3O4/c1-17-26-22(15-25(33)30-28(26)32(31-17)19-11-13-20(34-2)14-12-19)21-8-6-10-24(35-3)27(21)36-16-18-7-4-5-9-23(18)29/h4-14,22H,15-16H2,1-3H3,(H,30,33)/t22-/m1/s1. The minimum atomic E-state index is -0.343. The van der Waals surface area contributed by atoms with E-state index in [1.165, 1.54) is 6.07 Å². The molecule has 1 amide bonds. The van der Waals surface area contributed by atoms with Crippen LogP contribution in [0, 0.1) is 12.7 Å². The van der Waals surface area contributed by atoms with Gasteiger partial charge in [0.25, 0.3) is 0 Å². The molecule has 36 heavy (non-hydrogen) atoms. The Morgan fingerprint density at radius 3 is 2.53 bits per heavy atom. The normalized spacial score (nSPS) is 14.7. The fourth-order valence-corrected chi connectivity index (χ4v) is 4.61. The third kappa shape index (κ3) is 4.26. The molecule has 7 nitrogen and oxygen atoms in total. The lowest BCUT2D eigenvalue weighted by molar-refractivity contribution is -0.116. The van der Waals surface area contributed by atoms with E-state index < -0.39 is 0 Å². The number of rotatable bonds is 7. The number of hydrogen-bond acceptors (Lipinski definition) is 5. The highest BCUT2D eigenvalue weighted by molar-refractivity contribution is 5.95. The van der Waals surface area contributed by atoms with Crippen LogP contribution in [0.1, 0.15) is 34.7 Å². The highest BCUT2D eigenvalue weighted by Gasteiger charge is 2.35. The van der Waals surface area contributed by atoms with Crippen LogP contribution in [0.2, 0.25) is 0 Å². The predicted octanol–water partition coefficient (Wildman–Crippen LogP) is 5.39. The van der Waals surface area contributed by atoms with E-state index in [1.54, 1.807) is 43.2 Å². The number of benzene rings is 3. The van der Waals surface area contributed by atoms with E-state index in [9.17, 15) is 9.18 Å². The summed E-state index contributed by atoms with van der Waals surface area (Å²) in [7, 11) is 3.17. The Morgan fingerprint density at radius 2 is 1.81 bits per heavy atom. The number of para-hydroxylation sites is 1. The number of fused-ring (bicyclic) bond motifs is 1. The summed E-state index contributed by atoms with van der Waals surface area (Å²) in [6.45, 7) is 1.94. The lowest BCUT2D eigenvalue weighted by atomic mass is 9.85. The van der Waals surface area contributed by atoms with Crippen LogP contribution in [-0.2, 0) is 11.4 Å². The maximum atomic E-state index is 14.3. The van der Waals surface area contributed by atoms with Gasteiger partial charge in [0, 0.05) is 29.0 Å². The molecule has 2 heterocycles. The molecule has 3 aromatic carbocycles. The first-order chi connectivity index (χ1) is 17.5. The monoisotopic (exact) mass is 487 g/mol. The van der Waals surface area contributed by atoms with Gasteiger partial charge in [-0.3, -0.25) is 4.79 Å². The van der Waals surface area contributed by atoms with E-state index in [0.29, 0.717) is 22.9 Å². The Kier molecular flexibility index (Phi) is 6.33. The number of anilines is 1. The summed E-state index contributed by atoms with van der Waals surface area (Å²) in [6, 6.07) is 19.5. The minimum absolute atomic E-state index is 0.0237. The highest BCUT2D eigenvalue weighted by Crippen LogP contribution is 2.46. The molecule has 1 N–H and O–H groups in total. The van der Waals surface area contributed by atoms with Crippen LogP contribution < -0.4 is 19.5 Å². The van der Waals surface area contributed by atoms with Crippen molar-refractivity contribution >= 4 is 11.7 Å². The smallest absolute Gasteiger partial charge is 0.226 e. The van der Waals surface area contributed by atoms with E-state index in [4.69, 9.17) is 19.3 Å². The SMILES string of the molecule is COc1ccc(-n2nc(C)c3c2NC(=O)C[C@@H]3c2cccc(OC)c2OCc2ccccc2F)cc1. The second-order valence-corrected chi connectivity index (χ2v) is 8.52. The molecule has 0 unspecified atom stereocenters. The van der Waals surface area contributed by atoms with E-state index in [-0.39, 0.29) is 30.7 Å². The van der Waals surface area contributed by atoms with Crippen molar-refractivity contribution in [1.29, 1.82) is 0 Å². The molecule has 4 aromatic rings. The maximum absolute atomic E-state index is 14.3. The molecular weight excluding hydrogens is 461 g/mol. The molecule has 1 aliphatic rings. The fraction of sp³-hybridized carbons (Fsp3) is 0.214. The molecule has 1 aromatic heterocycles. The van der Waals surface area contributed by atoms with Crippen molar-refractivity contribution in [2.75, 3.05) is 19.5 Å². The number of aryl methyl sites for hydroxylation is 1. The van der Waals surface area contributed by atoms with Crippen LogP contribution in [0.4, 0.5) is 10.2 Å². The Labute approximate surface area is 208 Å². The summed E-state index contributed by atoms with van der Waals surface area (Å²) in [4.78, 5) is 12.9. The Morgan fingerprint density at radius 1 is 1.03 bits per heavy atom. The molecule has 184 valence electrons. The number of carbonyl (C=O) groups excluding carboxylic acids is 1. The van der Waals surface area contributed by atoms with Gasteiger partial charge < -0.3 is 19.5 Å². The van der Waals surface area contributed by atoms with Gasteiger partial charge in [-0.25, -0.2) is 9.07 Å². The molecule has 5 rings (SSSR count). The van der Waals surface area contributed by atoms with Crippen molar-refractivity contribution in [3.05, 3.63) is 94.9 Å². The highest BCUT2D eigenvalue weighted by atomic mass is 19.1. The predicted molar refractivity (Wildman–Crippen MR) is 134 cm³/mol. The second-order valence-electron chi connectivity index (χ2n) is 8.52. The number of carbonyl (C=O) groups is 1. The number of nitrogens with one attached hydrogen (secondary N) is 1. The Bertz CT molecular complexity index is 1420. The fourth-order valence-electron chi connectivity index (χ4n) is 4.61. The summed E-state index contributed by atoms with van der Waals surface area (Å²) in [6.07, 6.45) is 0.214. The van der Waals surface area contributed by atoms with Crippen molar-refractivity contribution in [3.63, 3.8) is 0 Å². The van der Waals surface area contributed by atoms with Crippen LogP contribution in [-0.4, -0.2) is 29.9 Å². The van der Waals surface area contributed by atoms with Crippen LogP contribution in [0.25, 0.3) is 5.69 Å². The third-order valence-corrected chi connectivity index (χ3v) is 6.35. The van der Waals surface area contributed by atoms with Gasteiger partial charge in [0.1, 0.15) is 24.0 Å². The molecule has 0 radical (unpaired) electrons. The molecule has 0 saturated carbocycles. The van der Waals surface area contributed by atoms with Crippen molar-refractivity contribution in [2.45, 2.75) is 25.9 Å². The van der Waals surface area contributed by atoms with Crippen molar-refractivity contribution < 1.29 is 23.4 Å². The number of ether oxygens (including phenoxy) is 3. The average molecular weight is 488 g/mol. The molecule has 0 bridgehead atoms. The van der Waals surface area contributed by atoms with Crippen LogP contribution in [0.3, 0.4) is 0 Å². The van der Waals surface area contributed by atoms with Gasteiger partial charge in [0.2, 0.25) is 5.91 Å². The second kappa shape index (κ2) is 9.73. The quantitative estimate of drug-likeness (QED) is 0.378. The molecule has 0 fully saturated rings. The van der Waals surface area contributed by atoms with Crippen molar-refractivity contribution in [2.24, 2.45) is 0 Å². The molecule has 1 aliphatic heterocycles. The van der Waals surface area contributed by atoms with E-state index in [0.717, 1.165) is 28.3 Å². The van der Waals surface area contributed by atoms with Gasteiger partial charge in [-0.1, -0.05) is 30.3 Å². The summed E-state index contributed by atoms with van der Waals surface area (Å²) in [5.41, 5.74) is 3.69. The van der Waals surface area contributed by atoms with E-state index in [1.807, 2.05) is 43.3 Å². The molecule has 0 saturated heterocycles. The van der Waals surface area contributed by atoms with Crippen LogP contribution in [0.15, 0.2) is 66.7 Å². The lowest BCUT2D eigenvalue weighted by Gasteiger charge is -2.26. The third-order valence-electron chi connectivity index (χ3n) is 6.35. The number of hydrogen-bond donors (Lipinski definition) is 1. The molecule has 0 spiro atoms. The molecule has 1 atom stereocenters. The minimum Gasteiger partial charge on any atom is -0.497 e. The lowest BCUT2D eigenvalue weighted by Crippen LogP contribution is -2.25. The van der Waals surface area contributed by atoms with Crippen molar-refractivity contribution in [1.82, 2.24) is 9.78 Å². The Balaban J connectivity index is 1.58. The first-order valence-corrected chi connectivity index (χ1v) is 11.6. The van der Waals surface area contributed by atoms with E-state index >= 15 is 0 Å². The van der Waals surface area contributed by atoms with Gasteiger partial charge >= 0.3 is 0 Å². The first kappa shape index (κ1) is 23.4. The molecule has 8 heteroatoms. The number of aromatic nitrogens is 2. The van der Waals surface area contributed by atoms with Gasteiger partial charge in [-0.05, 0) is 43.3 Å². The summed E-state index contributed by atoms with van der Waals surface area (Å²) in [5.74, 6) is 1.52. The number of nitrogens with zero attached hydrogens (tertiary/aromatic N) is 2. The number of halogens is 1. The summed E-state index contributed by atoms with van der Waals surface area (Å²) >= 11 is 0. The zero-order valence-electron chi connectivity index (χ0n) is 20.2. The number of amides is 1. The van der Waals surface area contributed by atoms with E-state index in [2.05, 4.69) is 5.32 Å². The molecule has 0 aliphatic carbocycles. The van der Waals surface area contributed by atoms with Gasteiger partial charge in [-0.2, -0.15) is 5.10 Å². The first-order valence-electron chi connectivity index (χ1n) is 11.6.